The molecule has 1 atom stereocenters. The summed E-state index contributed by atoms with van der Waals surface area (Å²) in [5.41, 5.74) is 0.416. The Bertz CT molecular complexity index is 1050. The monoisotopic (exact) mass is 460 g/mol. The lowest BCUT2D eigenvalue weighted by molar-refractivity contribution is -0.113. The van der Waals surface area contributed by atoms with E-state index in [0.29, 0.717) is 11.0 Å². The average molecular weight is 460 g/mol. The first-order valence-electron chi connectivity index (χ1n) is 9.97. The van der Waals surface area contributed by atoms with E-state index in [0.717, 1.165) is 0 Å². The summed E-state index contributed by atoms with van der Waals surface area (Å²) < 4.78 is 41.8. The predicted molar refractivity (Wildman–Crippen MR) is 123 cm³/mol. The van der Waals surface area contributed by atoms with E-state index in [1.807, 2.05) is 6.07 Å². The maximum absolute atomic E-state index is 14.7. The summed E-state index contributed by atoms with van der Waals surface area (Å²) in [5.74, 6) is -0.677. The van der Waals surface area contributed by atoms with Crippen molar-refractivity contribution in [3.8, 4) is 0 Å². The van der Waals surface area contributed by atoms with Crippen LogP contribution in [0, 0.1) is 0 Å². The topological polar surface area (TPSA) is 76.2 Å². The van der Waals surface area contributed by atoms with Gasteiger partial charge in [0, 0.05) is 12.7 Å². The van der Waals surface area contributed by atoms with E-state index in [9.17, 15) is 13.9 Å². The molecule has 0 bridgehead atoms. The molecule has 0 saturated heterocycles. The minimum atomic E-state index is -3.94. The number of benzene rings is 2. The van der Waals surface area contributed by atoms with E-state index in [4.69, 9.17) is 9.05 Å². The molecule has 0 saturated carbocycles. The number of carbonyl (C=O) groups is 1. The largest absolute Gasteiger partial charge is 0.368 e. The van der Waals surface area contributed by atoms with Gasteiger partial charge in [0.1, 0.15) is 5.31 Å². The lowest BCUT2D eigenvalue weighted by Crippen LogP contribution is -2.43. The Morgan fingerprint density at radius 1 is 1.00 bits per heavy atom. The normalized spacial score (nSPS) is 19.3. The molecule has 0 aromatic heterocycles. The highest BCUT2D eigenvalue weighted by Gasteiger charge is 2.51. The van der Waals surface area contributed by atoms with Gasteiger partial charge in [0.2, 0.25) is 0 Å². The average Bonchev–Trinajstić information content (AvgIpc) is 2.77. The molecule has 1 amide bonds. The first-order valence-corrected chi connectivity index (χ1v) is 13.1. The molecule has 1 aliphatic heterocycles. The van der Waals surface area contributed by atoms with E-state index >= 15 is 0 Å². The molecule has 0 aliphatic carbocycles. The molecule has 31 heavy (non-hydrogen) atoms. The second-order valence-corrected chi connectivity index (χ2v) is 11.1. The van der Waals surface area contributed by atoms with Gasteiger partial charge in [0.15, 0.2) is 0 Å². The molecule has 0 N–H and O–H groups in total. The van der Waals surface area contributed by atoms with Crippen LogP contribution in [0.25, 0.3) is 0 Å². The van der Waals surface area contributed by atoms with Crippen molar-refractivity contribution in [3.63, 3.8) is 0 Å². The third kappa shape index (κ3) is 4.32. The number of nitrogens with zero attached hydrogens (tertiary/aromatic N) is 2. The van der Waals surface area contributed by atoms with Gasteiger partial charge in [0.05, 0.1) is 24.2 Å². The van der Waals surface area contributed by atoms with Crippen LogP contribution in [0.4, 0.5) is 5.69 Å². The fourth-order valence-electron chi connectivity index (χ4n) is 3.35. The molecule has 7 nitrogen and oxygen atoms in total. The summed E-state index contributed by atoms with van der Waals surface area (Å²) in [6.45, 7) is 7.44. The zero-order valence-corrected chi connectivity index (χ0v) is 19.4. The van der Waals surface area contributed by atoms with Crippen molar-refractivity contribution in [2.45, 2.75) is 13.8 Å². The van der Waals surface area contributed by atoms with Crippen LogP contribution in [-0.2, 0) is 23.0 Å². The minimum absolute atomic E-state index is 0.0883. The van der Waals surface area contributed by atoms with Gasteiger partial charge in [0.25, 0.3) is 13.4 Å². The molecule has 3 rings (SSSR count). The van der Waals surface area contributed by atoms with Crippen molar-refractivity contribution in [2.24, 2.45) is 0 Å². The van der Waals surface area contributed by atoms with Crippen LogP contribution < -0.4 is 9.97 Å². The third-order valence-electron chi connectivity index (χ3n) is 4.60. The van der Waals surface area contributed by atoms with Gasteiger partial charge in [-0.25, -0.2) is 4.67 Å². The van der Waals surface area contributed by atoms with Gasteiger partial charge in [-0.2, -0.15) is 0 Å². The van der Waals surface area contributed by atoms with Gasteiger partial charge in [-0.05, 0) is 38.1 Å². The minimum Gasteiger partial charge on any atom is -0.305 e. The fraction of sp³-hybridized carbons (Fsp3) is 0.227. The van der Waals surface area contributed by atoms with Crippen molar-refractivity contribution in [3.05, 3.63) is 84.8 Å². The van der Waals surface area contributed by atoms with Gasteiger partial charge in [-0.3, -0.25) is 13.9 Å². The van der Waals surface area contributed by atoms with Crippen LogP contribution in [0.15, 0.2) is 84.8 Å². The molecule has 0 radical (unpaired) electrons. The molecule has 2 aromatic carbocycles. The number of hydrogen-bond donors (Lipinski definition) is 0. The third-order valence-corrected chi connectivity index (χ3v) is 9.60. The molecular formula is C22H26N2O5P2. The SMILES string of the molecule is C=CCN1C=C(P(=O)(OCC)OCC)C(=O)N(c2ccccc2)P1(=O)c1ccccc1. The number of hydrogen-bond acceptors (Lipinski definition) is 5. The first kappa shape index (κ1) is 23.2. The molecule has 9 heteroatoms. The van der Waals surface area contributed by atoms with Crippen molar-refractivity contribution < 1.29 is 23.0 Å². The van der Waals surface area contributed by atoms with Gasteiger partial charge in [-0.1, -0.05) is 42.5 Å². The summed E-state index contributed by atoms with van der Waals surface area (Å²) in [5, 5.41) is 0.302. The van der Waals surface area contributed by atoms with E-state index in [1.54, 1.807) is 74.5 Å². The van der Waals surface area contributed by atoms with E-state index in [2.05, 4.69) is 6.58 Å². The Kier molecular flexibility index (Phi) is 7.34. The van der Waals surface area contributed by atoms with Crippen LogP contribution in [0.5, 0.6) is 0 Å². The van der Waals surface area contributed by atoms with Crippen molar-refractivity contribution in [1.29, 1.82) is 0 Å². The zero-order chi connectivity index (χ0) is 22.5. The zero-order valence-electron chi connectivity index (χ0n) is 17.6. The van der Waals surface area contributed by atoms with Crippen molar-refractivity contribution >= 4 is 31.9 Å². The van der Waals surface area contributed by atoms with Crippen LogP contribution in [0.2, 0.25) is 0 Å². The smallest absolute Gasteiger partial charge is 0.305 e. The Balaban J connectivity index is 2.31. The van der Waals surface area contributed by atoms with Crippen molar-refractivity contribution in [2.75, 3.05) is 24.4 Å². The Morgan fingerprint density at radius 2 is 1.55 bits per heavy atom. The van der Waals surface area contributed by atoms with Crippen LogP contribution in [0.3, 0.4) is 0 Å². The Morgan fingerprint density at radius 3 is 2.06 bits per heavy atom. The Labute approximate surface area is 183 Å². The number of carbonyl (C=O) groups excluding carboxylic acids is 1. The summed E-state index contributed by atoms with van der Waals surface area (Å²) >= 11 is 0. The lowest BCUT2D eigenvalue weighted by Gasteiger charge is -2.43. The van der Waals surface area contributed by atoms with Crippen molar-refractivity contribution in [1.82, 2.24) is 4.67 Å². The highest BCUT2D eigenvalue weighted by atomic mass is 31.2. The summed E-state index contributed by atoms with van der Waals surface area (Å²) in [4.78, 5) is 13.8. The summed E-state index contributed by atoms with van der Waals surface area (Å²) in [6.07, 6.45) is 2.93. The number of para-hydroxylation sites is 1. The highest BCUT2D eigenvalue weighted by molar-refractivity contribution is 7.72. The molecule has 2 aromatic rings. The molecular weight excluding hydrogens is 434 g/mol. The quantitative estimate of drug-likeness (QED) is 0.381. The second kappa shape index (κ2) is 9.80. The summed E-state index contributed by atoms with van der Waals surface area (Å²) in [7, 11) is -7.63. The molecule has 1 aliphatic rings. The Hall–Kier alpha value is -2.43. The first-order chi connectivity index (χ1) is 14.9. The van der Waals surface area contributed by atoms with Gasteiger partial charge in [-0.15, -0.1) is 6.58 Å². The predicted octanol–water partition coefficient (Wildman–Crippen LogP) is 5.15. The van der Waals surface area contributed by atoms with Crippen LogP contribution >= 0.6 is 15.0 Å². The fourth-order valence-corrected chi connectivity index (χ4v) is 7.89. The maximum atomic E-state index is 14.7. The standard InChI is InChI=1S/C22H26N2O5P2/c1-4-17-23-18-21(31(27,28-5-2)29-6-3)22(25)24(19-13-9-7-10-14-19)30(23,26)20-15-11-8-12-16-20/h4,7-16,18H,1,5-6,17H2,2-3H3. The van der Waals surface area contributed by atoms with Crippen LogP contribution in [-0.4, -0.2) is 30.3 Å². The molecule has 0 spiro atoms. The lowest BCUT2D eigenvalue weighted by atomic mass is 10.3. The highest BCUT2D eigenvalue weighted by Crippen LogP contribution is 2.64. The molecule has 0 fully saturated rings. The molecule has 1 unspecified atom stereocenters. The van der Waals surface area contributed by atoms with Gasteiger partial charge >= 0.3 is 7.60 Å². The number of anilines is 1. The van der Waals surface area contributed by atoms with Crippen LogP contribution in [0.1, 0.15) is 13.8 Å². The molecule has 1 heterocycles. The van der Waals surface area contributed by atoms with E-state index in [1.165, 1.54) is 15.5 Å². The maximum Gasteiger partial charge on any atom is 0.368 e. The number of amides is 1. The number of rotatable bonds is 9. The van der Waals surface area contributed by atoms with E-state index < -0.39 is 20.9 Å². The van der Waals surface area contributed by atoms with E-state index in [-0.39, 0.29) is 25.1 Å². The second-order valence-electron chi connectivity index (χ2n) is 6.59. The molecule has 164 valence electrons. The van der Waals surface area contributed by atoms with Gasteiger partial charge < -0.3 is 13.7 Å². The summed E-state index contributed by atoms with van der Waals surface area (Å²) in [6, 6.07) is 17.4.